The number of halogens is 1. The first-order valence-electron chi connectivity index (χ1n) is 6.06. The molecule has 0 saturated carbocycles. The zero-order valence-electron chi connectivity index (χ0n) is 10.6. The molecule has 1 N–H and O–H groups in total. The second-order valence-electron chi connectivity index (χ2n) is 4.32. The first-order valence-corrected chi connectivity index (χ1v) is 6.06. The van der Waals surface area contributed by atoms with Gasteiger partial charge in [-0.3, -0.25) is 0 Å². The minimum absolute atomic E-state index is 0. The SMILES string of the molecule is Cc1nc(-c2ccc([C@H]3CNCCO3)cc2)no1.Cl. The number of hydrogen-bond acceptors (Lipinski definition) is 5. The van der Waals surface area contributed by atoms with Crippen molar-refractivity contribution in [2.75, 3.05) is 19.7 Å². The van der Waals surface area contributed by atoms with E-state index in [0.717, 1.165) is 25.3 Å². The van der Waals surface area contributed by atoms with Gasteiger partial charge in [0, 0.05) is 25.6 Å². The van der Waals surface area contributed by atoms with Gasteiger partial charge in [0.25, 0.3) is 0 Å². The van der Waals surface area contributed by atoms with E-state index in [1.165, 1.54) is 5.56 Å². The largest absolute Gasteiger partial charge is 0.371 e. The van der Waals surface area contributed by atoms with Crippen LogP contribution in [-0.4, -0.2) is 29.8 Å². The molecule has 2 heterocycles. The van der Waals surface area contributed by atoms with E-state index in [1.54, 1.807) is 6.92 Å². The maximum absolute atomic E-state index is 5.70. The molecule has 0 aliphatic carbocycles. The maximum Gasteiger partial charge on any atom is 0.223 e. The molecule has 1 aliphatic heterocycles. The quantitative estimate of drug-likeness (QED) is 0.914. The maximum atomic E-state index is 5.70. The Bertz CT molecular complexity index is 521. The van der Waals surface area contributed by atoms with Crippen LogP contribution in [0.4, 0.5) is 0 Å². The predicted octanol–water partition coefficient (Wildman–Crippen LogP) is 2.13. The lowest BCUT2D eigenvalue weighted by Crippen LogP contribution is -2.33. The molecule has 1 saturated heterocycles. The summed E-state index contributed by atoms with van der Waals surface area (Å²) in [5.41, 5.74) is 2.13. The number of aryl methyl sites for hydroxylation is 1. The molecule has 6 heteroatoms. The van der Waals surface area contributed by atoms with Crippen molar-refractivity contribution < 1.29 is 9.26 Å². The first-order chi connectivity index (χ1) is 8.83. The van der Waals surface area contributed by atoms with Crippen molar-refractivity contribution in [2.24, 2.45) is 0 Å². The molecular formula is C13H16ClN3O2. The highest BCUT2D eigenvalue weighted by Crippen LogP contribution is 2.22. The van der Waals surface area contributed by atoms with E-state index in [4.69, 9.17) is 9.26 Å². The molecule has 0 bridgehead atoms. The third kappa shape index (κ3) is 3.12. The highest BCUT2D eigenvalue weighted by molar-refractivity contribution is 5.85. The molecule has 0 radical (unpaired) electrons. The van der Waals surface area contributed by atoms with E-state index in [0.29, 0.717) is 11.7 Å². The van der Waals surface area contributed by atoms with Crippen LogP contribution >= 0.6 is 12.4 Å². The van der Waals surface area contributed by atoms with Crippen LogP contribution in [-0.2, 0) is 4.74 Å². The summed E-state index contributed by atoms with van der Waals surface area (Å²) in [4.78, 5) is 4.20. The lowest BCUT2D eigenvalue weighted by Gasteiger charge is -2.23. The van der Waals surface area contributed by atoms with Gasteiger partial charge in [0.2, 0.25) is 11.7 Å². The van der Waals surface area contributed by atoms with Crippen LogP contribution in [0.5, 0.6) is 0 Å². The fourth-order valence-electron chi connectivity index (χ4n) is 2.04. The van der Waals surface area contributed by atoms with Crippen molar-refractivity contribution in [2.45, 2.75) is 13.0 Å². The molecule has 0 spiro atoms. The summed E-state index contributed by atoms with van der Waals surface area (Å²) in [5.74, 6) is 1.20. The second-order valence-corrected chi connectivity index (χ2v) is 4.32. The molecule has 2 aromatic rings. The summed E-state index contributed by atoms with van der Waals surface area (Å²) in [6.45, 7) is 4.33. The van der Waals surface area contributed by atoms with Gasteiger partial charge in [-0.05, 0) is 5.56 Å². The Morgan fingerprint density at radius 3 is 2.63 bits per heavy atom. The second kappa shape index (κ2) is 6.14. The Morgan fingerprint density at radius 2 is 2.05 bits per heavy atom. The summed E-state index contributed by atoms with van der Waals surface area (Å²) >= 11 is 0. The summed E-state index contributed by atoms with van der Waals surface area (Å²) < 4.78 is 10.7. The molecule has 5 nitrogen and oxygen atoms in total. The van der Waals surface area contributed by atoms with Crippen molar-refractivity contribution >= 4 is 12.4 Å². The molecule has 1 atom stereocenters. The van der Waals surface area contributed by atoms with Crippen molar-refractivity contribution in [3.63, 3.8) is 0 Å². The Labute approximate surface area is 117 Å². The van der Waals surface area contributed by atoms with Crippen LogP contribution in [0.3, 0.4) is 0 Å². The van der Waals surface area contributed by atoms with E-state index in [1.807, 2.05) is 12.1 Å². The van der Waals surface area contributed by atoms with Crippen molar-refractivity contribution in [1.82, 2.24) is 15.5 Å². The summed E-state index contributed by atoms with van der Waals surface area (Å²) in [6.07, 6.45) is 0.139. The number of morpholine rings is 1. The Morgan fingerprint density at radius 1 is 1.26 bits per heavy atom. The van der Waals surface area contributed by atoms with Crippen LogP contribution in [0, 0.1) is 6.92 Å². The smallest absolute Gasteiger partial charge is 0.223 e. The van der Waals surface area contributed by atoms with Crippen LogP contribution in [0.15, 0.2) is 28.8 Å². The Hall–Kier alpha value is -1.43. The molecule has 1 aromatic heterocycles. The van der Waals surface area contributed by atoms with Crippen LogP contribution in [0.1, 0.15) is 17.6 Å². The highest BCUT2D eigenvalue weighted by atomic mass is 35.5. The van der Waals surface area contributed by atoms with Gasteiger partial charge in [0.05, 0.1) is 12.7 Å². The van der Waals surface area contributed by atoms with Crippen molar-refractivity contribution in [3.05, 3.63) is 35.7 Å². The highest BCUT2D eigenvalue weighted by Gasteiger charge is 2.15. The van der Waals surface area contributed by atoms with E-state index >= 15 is 0 Å². The van der Waals surface area contributed by atoms with Crippen molar-refractivity contribution in [3.8, 4) is 11.4 Å². The topological polar surface area (TPSA) is 60.2 Å². The zero-order chi connectivity index (χ0) is 12.4. The molecule has 1 fully saturated rings. The number of rotatable bonds is 2. The minimum atomic E-state index is 0. The first kappa shape index (κ1) is 14.0. The summed E-state index contributed by atoms with van der Waals surface area (Å²) in [7, 11) is 0. The number of nitrogens with one attached hydrogen (secondary N) is 1. The Kier molecular flexibility index (Phi) is 4.52. The van der Waals surface area contributed by atoms with E-state index < -0.39 is 0 Å². The molecule has 0 amide bonds. The number of benzene rings is 1. The average Bonchev–Trinajstić information content (AvgIpc) is 2.87. The molecule has 102 valence electrons. The fourth-order valence-corrected chi connectivity index (χ4v) is 2.04. The third-order valence-corrected chi connectivity index (χ3v) is 3.00. The third-order valence-electron chi connectivity index (χ3n) is 3.00. The summed E-state index contributed by atoms with van der Waals surface area (Å²) in [6, 6.07) is 8.10. The van der Waals surface area contributed by atoms with E-state index in [2.05, 4.69) is 27.6 Å². The van der Waals surface area contributed by atoms with Gasteiger partial charge in [0.15, 0.2) is 0 Å². The lowest BCUT2D eigenvalue weighted by atomic mass is 10.1. The Balaban J connectivity index is 0.00000133. The van der Waals surface area contributed by atoms with Gasteiger partial charge in [-0.25, -0.2) is 0 Å². The number of nitrogens with zero attached hydrogens (tertiary/aromatic N) is 2. The zero-order valence-corrected chi connectivity index (χ0v) is 11.4. The van der Waals surface area contributed by atoms with Gasteiger partial charge in [-0.15, -0.1) is 12.4 Å². The van der Waals surface area contributed by atoms with Gasteiger partial charge in [0.1, 0.15) is 0 Å². The molecule has 0 unspecified atom stereocenters. The molecule has 1 aliphatic rings. The van der Waals surface area contributed by atoms with Crippen LogP contribution in [0.25, 0.3) is 11.4 Å². The summed E-state index contributed by atoms with van der Waals surface area (Å²) in [5, 5.41) is 7.22. The van der Waals surface area contributed by atoms with Crippen LogP contribution < -0.4 is 5.32 Å². The lowest BCUT2D eigenvalue weighted by molar-refractivity contribution is 0.0277. The monoisotopic (exact) mass is 281 g/mol. The minimum Gasteiger partial charge on any atom is -0.371 e. The predicted molar refractivity (Wildman–Crippen MR) is 73.3 cm³/mol. The molecular weight excluding hydrogens is 266 g/mol. The molecule has 3 rings (SSSR count). The molecule has 19 heavy (non-hydrogen) atoms. The average molecular weight is 282 g/mol. The molecule has 1 aromatic carbocycles. The number of hydrogen-bond donors (Lipinski definition) is 1. The fraction of sp³-hybridized carbons (Fsp3) is 0.385. The normalized spacial score (nSPS) is 18.9. The van der Waals surface area contributed by atoms with Crippen LogP contribution in [0.2, 0.25) is 0 Å². The van der Waals surface area contributed by atoms with Gasteiger partial charge in [-0.2, -0.15) is 4.98 Å². The van der Waals surface area contributed by atoms with E-state index in [9.17, 15) is 0 Å². The van der Waals surface area contributed by atoms with Gasteiger partial charge < -0.3 is 14.6 Å². The number of ether oxygens (including phenoxy) is 1. The standard InChI is InChI=1S/C13H15N3O2.ClH/c1-9-15-13(16-18-9)11-4-2-10(3-5-11)12-8-14-6-7-17-12;/h2-5,12,14H,6-8H2,1H3;1H/t12-;/m1./s1. The van der Waals surface area contributed by atoms with Gasteiger partial charge >= 0.3 is 0 Å². The van der Waals surface area contributed by atoms with Crippen molar-refractivity contribution in [1.29, 1.82) is 0 Å². The van der Waals surface area contributed by atoms with E-state index in [-0.39, 0.29) is 18.5 Å². The van der Waals surface area contributed by atoms with Gasteiger partial charge in [-0.1, -0.05) is 29.4 Å². The number of aromatic nitrogens is 2.